The van der Waals surface area contributed by atoms with Gasteiger partial charge in [0.15, 0.2) is 5.82 Å². The lowest BCUT2D eigenvalue weighted by molar-refractivity contribution is 0.0782. The van der Waals surface area contributed by atoms with Crippen LogP contribution in [0.3, 0.4) is 0 Å². The van der Waals surface area contributed by atoms with Gasteiger partial charge < -0.3 is 9.42 Å². The Balaban J connectivity index is 1.63. The number of carbonyl (C=O) groups excluding carboxylic acids is 1. The van der Waals surface area contributed by atoms with Crippen LogP contribution in [-0.4, -0.2) is 44.0 Å². The monoisotopic (exact) mass is 335 g/mol. The molecule has 3 heterocycles. The molecule has 2 aromatic heterocycles. The molecule has 0 N–H and O–H groups in total. The molecule has 126 valence electrons. The average Bonchev–Trinajstić information content (AvgIpc) is 3.32. The number of rotatable bonds is 3. The third-order valence-electron chi connectivity index (χ3n) is 4.54. The molecule has 7 nitrogen and oxygen atoms in total. The van der Waals surface area contributed by atoms with E-state index in [0.717, 1.165) is 11.3 Å². The minimum absolute atomic E-state index is 0.0106. The largest absolute Gasteiger partial charge is 0.343 e. The van der Waals surface area contributed by atoms with Gasteiger partial charge in [-0.05, 0) is 12.5 Å². The van der Waals surface area contributed by atoms with E-state index in [0.29, 0.717) is 24.6 Å². The van der Waals surface area contributed by atoms with Crippen LogP contribution in [-0.2, 0) is 0 Å². The second-order valence-electron chi connectivity index (χ2n) is 6.17. The number of hydrogen-bond donors (Lipinski definition) is 0. The second-order valence-corrected chi connectivity index (χ2v) is 6.17. The van der Waals surface area contributed by atoms with Crippen LogP contribution >= 0.6 is 0 Å². The molecule has 0 bridgehead atoms. The molecule has 0 spiro atoms. The first-order valence-electron chi connectivity index (χ1n) is 8.11. The van der Waals surface area contributed by atoms with Gasteiger partial charge in [-0.1, -0.05) is 35.5 Å². The molecule has 4 rings (SSSR count). The van der Waals surface area contributed by atoms with E-state index in [1.54, 1.807) is 11.1 Å². The van der Waals surface area contributed by atoms with E-state index in [9.17, 15) is 4.79 Å². The summed E-state index contributed by atoms with van der Waals surface area (Å²) < 4.78 is 4.92. The fourth-order valence-corrected chi connectivity index (χ4v) is 3.28. The van der Waals surface area contributed by atoms with E-state index in [1.165, 1.54) is 12.6 Å². The third-order valence-corrected chi connectivity index (χ3v) is 4.54. The molecule has 1 aliphatic heterocycles. The molecule has 0 aliphatic carbocycles. The summed E-state index contributed by atoms with van der Waals surface area (Å²) in [6.45, 7) is 2.94. The van der Waals surface area contributed by atoms with Gasteiger partial charge in [-0.15, -0.1) is 0 Å². The van der Waals surface area contributed by atoms with Crippen LogP contribution in [0.2, 0.25) is 0 Å². The van der Waals surface area contributed by atoms with Crippen molar-refractivity contribution in [3.05, 3.63) is 71.9 Å². The Kier molecular flexibility index (Phi) is 3.97. The summed E-state index contributed by atoms with van der Waals surface area (Å²) in [5, 5.41) is 4.00. The van der Waals surface area contributed by atoms with Gasteiger partial charge in [0.1, 0.15) is 5.69 Å². The Hall–Kier alpha value is -3.09. The summed E-state index contributed by atoms with van der Waals surface area (Å²) >= 11 is 0. The first-order valence-corrected chi connectivity index (χ1v) is 8.11. The maximum Gasteiger partial charge on any atom is 0.274 e. The van der Waals surface area contributed by atoms with Crippen molar-refractivity contribution >= 4 is 5.91 Å². The zero-order valence-corrected chi connectivity index (χ0v) is 13.7. The lowest BCUT2D eigenvalue weighted by Gasteiger charge is -2.16. The molecular formula is C18H17N5O2. The molecule has 0 radical (unpaired) electrons. The molecule has 1 aliphatic rings. The van der Waals surface area contributed by atoms with E-state index < -0.39 is 0 Å². The standard InChI is InChI=1S/C18H17N5O2/c1-12-7-20-16(8-19-12)18(24)23-9-14(13-5-3-2-4-6-13)15(10-23)17-21-11-25-22-17/h2-8,11,14-15H,9-10H2,1H3/t14-,15+/m0/s1. The highest BCUT2D eigenvalue weighted by atomic mass is 16.5. The highest BCUT2D eigenvalue weighted by Gasteiger charge is 2.39. The van der Waals surface area contributed by atoms with Crippen molar-refractivity contribution in [1.82, 2.24) is 25.0 Å². The number of aryl methyl sites for hydroxylation is 1. The summed E-state index contributed by atoms with van der Waals surface area (Å²) in [5.74, 6) is 0.600. The molecule has 3 aromatic rings. The first-order chi connectivity index (χ1) is 12.2. The predicted octanol–water partition coefficient (Wildman–Crippen LogP) is 2.19. The Morgan fingerprint density at radius 3 is 2.56 bits per heavy atom. The van der Waals surface area contributed by atoms with Crippen LogP contribution in [0, 0.1) is 6.92 Å². The van der Waals surface area contributed by atoms with Crippen LogP contribution in [0.5, 0.6) is 0 Å². The summed E-state index contributed by atoms with van der Waals surface area (Å²) in [4.78, 5) is 27.2. The Morgan fingerprint density at radius 1 is 1.08 bits per heavy atom. The lowest BCUT2D eigenvalue weighted by atomic mass is 9.88. The van der Waals surface area contributed by atoms with Gasteiger partial charge in [0.2, 0.25) is 6.39 Å². The fraction of sp³-hybridized carbons (Fsp3) is 0.278. The Labute approximate surface area is 144 Å². The Bertz CT molecular complexity index is 849. The fourth-order valence-electron chi connectivity index (χ4n) is 3.28. The number of likely N-dealkylation sites (tertiary alicyclic amines) is 1. The van der Waals surface area contributed by atoms with Gasteiger partial charge in [0.25, 0.3) is 5.91 Å². The van der Waals surface area contributed by atoms with Gasteiger partial charge in [-0.2, -0.15) is 4.98 Å². The number of carbonyl (C=O) groups is 1. The van der Waals surface area contributed by atoms with E-state index in [2.05, 4.69) is 32.2 Å². The molecule has 1 amide bonds. The van der Waals surface area contributed by atoms with E-state index in [1.807, 2.05) is 25.1 Å². The Morgan fingerprint density at radius 2 is 1.88 bits per heavy atom. The molecular weight excluding hydrogens is 318 g/mol. The molecule has 25 heavy (non-hydrogen) atoms. The second kappa shape index (κ2) is 6.43. The first kappa shape index (κ1) is 15.4. The molecule has 1 aromatic carbocycles. The summed E-state index contributed by atoms with van der Waals surface area (Å²) in [7, 11) is 0. The smallest absolute Gasteiger partial charge is 0.274 e. The number of benzene rings is 1. The molecule has 0 saturated carbocycles. The summed E-state index contributed by atoms with van der Waals surface area (Å²) in [5.41, 5.74) is 2.29. The molecule has 7 heteroatoms. The van der Waals surface area contributed by atoms with Crippen LogP contribution in [0.25, 0.3) is 0 Å². The van der Waals surface area contributed by atoms with Crippen molar-refractivity contribution in [2.24, 2.45) is 0 Å². The SMILES string of the molecule is Cc1cnc(C(=O)N2C[C@@H](c3ccccc3)[C@H](c3ncon3)C2)cn1. The maximum atomic E-state index is 12.8. The van der Waals surface area contributed by atoms with Crippen LogP contribution in [0.4, 0.5) is 0 Å². The van der Waals surface area contributed by atoms with Gasteiger partial charge >= 0.3 is 0 Å². The van der Waals surface area contributed by atoms with Gasteiger partial charge in [0, 0.05) is 31.1 Å². The predicted molar refractivity (Wildman–Crippen MR) is 88.9 cm³/mol. The number of hydrogen-bond acceptors (Lipinski definition) is 6. The minimum atomic E-state index is -0.126. The van der Waals surface area contributed by atoms with Crippen molar-refractivity contribution in [2.75, 3.05) is 13.1 Å². The zero-order chi connectivity index (χ0) is 17.2. The van der Waals surface area contributed by atoms with Crippen LogP contribution < -0.4 is 0 Å². The number of aromatic nitrogens is 4. The van der Waals surface area contributed by atoms with Gasteiger partial charge in [0.05, 0.1) is 11.9 Å². The maximum absolute atomic E-state index is 12.8. The quantitative estimate of drug-likeness (QED) is 0.729. The molecule has 0 unspecified atom stereocenters. The van der Waals surface area contributed by atoms with Crippen molar-refractivity contribution < 1.29 is 9.32 Å². The third kappa shape index (κ3) is 3.00. The topological polar surface area (TPSA) is 85.0 Å². The highest BCUT2D eigenvalue weighted by Crippen LogP contribution is 2.38. The van der Waals surface area contributed by atoms with Crippen molar-refractivity contribution in [1.29, 1.82) is 0 Å². The highest BCUT2D eigenvalue weighted by molar-refractivity contribution is 5.92. The van der Waals surface area contributed by atoms with Crippen LogP contribution in [0.15, 0.2) is 53.6 Å². The van der Waals surface area contributed by atoms with E-state index in [4.69, 9.17) is 4.52 Å². The van der Waals surface area contributed by atoms with E-state index in [-0.39, 0.29) is 17.7 Å². The van der Waals surface area contributed by atoms with E-state index >= 15 is 0 Å². The van der Waals surface area contributed by atoms with Crippen LogP contribution in [0.1, 0.15) is 39.4 Å². The van der Waals surface area contributed by atoms with Crippen molar-refractivity contribution in [2.45, 2.75) is 18.8 Å². The summed E-state index contributed by atoms with van der Waals surface area (Å²) in [6, 6.07) is 10.1. The minimum Gasteiger partial charge on any atom is -0.343 e. The van der Waals surface area contributed by atoms with Gasteiger partial charge in [-0.25, -0.2) is 4.98 Å². The number of amides is 1. The molecule has 2 atom stereocenters. The molecule has 1 saturated heterocycles. The average molecular weight is 335 g/mol. The molecule has 1 fully saturated rings. The number of nitrogens with zero attached hydrogens (tertiary/aromatic N) is 5. The lowest BCUT2D eigenvalue weighted by Crippen LogP contribution is -2.29. The van der Waals surface area contributed by atoms with Crippen molar-refractivity contribution in [3.8, 4) is 0 Å². The van der Waals surface area contributed by atoms with Gasteiger partial charge in [-0.3, -0.25) is 9.78 Å². The van der Waals surface area contributed by atoms with Crippen molar-refractivity contribution in [3.63, 3.8) is 0 Å². The summed E-state index contributed by atoms with van der Waals surface area (Å²) in [6.07, 6.45) is 4.46. The normalized spacial score (nSPS) is 20.0. The zero-order valence-electron chi connectivity index (χ0n) is 13.7.